The van der Waals surface area contributed by atoms with Crippen molar-refractivity contribution in [2.75, 3.05) is 32.7 Å². The van der Waals surface area contributed by atoms with Gasteiger partial charge in [0.25, 0.3) is 0 Å². The second-order valence-corrected chi connectivity index (χ2v) is 10.1. The van der Waals surface area contributed by atoms with E-state index in [4.69, 9.17) is 0 Å². The van der Waals surface area contributed by atoms with E-state index in [1.807, 2.05) is 18.2 Å². The van der Waals surface area contributed by atoms with Crippen LogP contribution in [0.5, 0.6) is 0 Å². The minimum absolute atomic E-state index is 0.0424. The van der Waals surface area contributed by atoms with Crippen molar-refractivity contribution in [3.63, 3.8) is 0 Å². The summed E-state index contributed by atoms with van der Waals surface area (Å²) < 4.78 is 28.2. The number of hydrogen-bond acceptors (Lipinski definition) is 5. The van der Waals surface area contributed by atoms with Crippen LogP contribution in [-0.4, -0.2) is 67.3 Å². The number of hydrogen-bond donors (Lipinski definition) is 1. The molecule has 3 aliphatic heterocycles. The summed E-state index contributed by atoms with van der Waals surface area (Å²) in [6.45, 7) is 3.48. The zero-order valence-electron chi connectivity index (χ0n) is 15.7. The van der Waals surface area contributed by atoms with Gasteiger partial charge in [0.05, 0.1) is 11.6 Å². The van der Waals surface area contributed by atoms with Crippen LogP contribution in [0.1, 0.15) is 19.3 Å². The first-order chi connectivity index (χ1) is 13.5. The Hall–Kier alpha value is -2.03. The molecule has 28 heavy (non-hydrogen) atoms. The second-order valence-electron chi connectivity index (χ2n) is 8.22. The highest BCUT2D eigenvalue weighted by Gasteiger charge is 2.50. The normalized spacial score (nSPS) is 25.7. The van der Waals surface area contributed by atoms with E-state index in [9.17, 15) is 13.2 Å². The quantitative estimate of drug-likeness (QED) is 0.819. The number of pyridine rings is 1. The number of nitrogens with zero attached hydrogens (tertiary/aromatic N) is 3. The molecule has 3 saturated heterocycles. The second kappa shape index (κ2) is 6.50. The van der Waals surface area contributed by atoms with E-state index in [-0.39, 0.29) is 22.3 Å². The van der Waals surface area contributed by atoms with Gasteiger partial charge in [-0.15, -0.1) is 0 Å². The number of benzene rings is 1. The summed E-state index contributed by atoms with van der Waals surface area (Å²) in [5.41, 5.74) is 0.579. The van der Waals surface area contributed by atoms with Gasteiger partial charge in [-0.2, -0.15) is 4.31 Å². The molecular weight excluding hydrogens is 376 g/mol. The molecule has 1 aromatic carbocycles. The molecule has 148 valence electrons. The number of piperidine rings is 1. The van der Waals surface area contributed by atoms with Crippen molar-refractivity contribution in [3.05, 3.63) is 36.5 Å². The summed E-state index contributed by atoms with van der Waals surface area (Å²) >= 11 is 0. The van der Waals surface area contributed by atoms with Crippen LogP contribution in [-0.2, 0) is 14.8 Å². The number of rotatable bonds is 2. The molecule has 0 bridgehead atoms. The number of nitrogens with one attached hydrogen (secondary N) is 1. The number of piperazine rings is 1. The fourth-order valence-electron chi connectivity index (χ4n) is 5.07. The monoisotopic (exact) mass is 400 g/mol. The van der Waals surface area contributed by atoms with Gasteiger partial charge in [-0.1, -0.05) is 18.2 Å². The van der Waals surface area contributed by atoms with Crippen LogP contribution in [0.2, 0.25) is 0 Å². The first-order valence-corrected chi connectivity index (χ1v) is 11.3. The molecule has 8 heteroatoms. The average molecular weight is 401 g/mol. The van der Waals surface area contributed by atoms with Gasteiger partial charge in [-0.05, 0) is 36.8 Å². The highest BCUT2D eigenvalue weighted by atomic mass is 32.2. The summed E-state index contributed by atoms with van der Waals surface area (Å²) in [5, 5.41) is 3.78. The fourth-order valence-corrected chi connectivity index (χ4v) is 6.67. The summed E-state index contributed by atoms with van der Waals surface area (Å²) in [4.78, 5) is 19.0. The van der Waals surface area contributed by atoms with Crippen LogP contribution in [0.25, 0.3) is 10.9 Å². The van der Waals surface area contributed by atoms with Crippen molar-refractivity contribution in [2.45, 2.75) is 30.2 Å². The topological polar surface area (TPSA) is 82.6 Å². The molecule has 7 nitrogen and oxygen atoms in total. The molecule has 1 atom stereocenters. The number of para-hydroxylation sites is 1. The number of carbonyl (C=O) groups excluding carboxylic acids is 1. The van der Waals surface area contributed by atoms with Crippen LogP contribution in [0, 0.1) is 5.41 Å². The van der Waals surface area contributed by atoms with E-state index < -0.39 is 10.0 Å². The molecule has 1 aromatic heterocycles. The summed E-state index contributed by atoms with van der Waals surface area (Å²) in [7, 11) is -3.59. The van der Waals surface area contributed by atoms with Gasteiger partial charge in [-0.3, -0.25) is 14.7 Å². The number of sulfonamides is 1. The van der Waals surface area contributed by atoms with E-state index in [1.54, 1.807) is 22.6 Å². The lowest BCUT2D eigenvalue weighted by molar-refractivity contribution is -0.127. The van der Waals surface area contributed by atoms with E-state index in [1.165, 1.54) is 0 Å². The predicted octanol–water partition coefficient (Wildman–Crippen LogP) is 1.21. The van der Waals surface area contributed by atoms with Gasteiger partial charge in [0.2, 0.25) is 15.9 Å². The van der Waals surface area contributed by atoms with Gasteiger partial charge in [0.1, 0.15) is 4.90 Å². The Bertz CT molecular complexity index is 1030. The largest absolute Gasteiger partial charge is 0.353 e. The van der Waals surface area contributed by atoms with Crippen molar-refractivity contribution in [1.29, 1.82) is 0 Å². The lowest BCUT2D eigenvalue weighted by Gasteiger charge is -2.38. The molecule has 1 amide bonds. The zero-order valence-corrected chi connectivity index (χ0v) is 16.5. The van der Waals surface area contributed by atoms with Crippen LogP contribution in [0.4, 0.5) is 0 Å². The molecule has 3 fully saturated rings. The maximum absolute atomic E-state index is 13.3. The van der Waals surface area contributed by atoms with E-state index in [2.05, 4.69) is 15.2 Å². The van der Waals surface area contributed by atoms with Crippen LogP contribution >= 0.6 is 0 Å². The Balaban J connectivity index is 1.37. The standard InChI is InChI=1S/C20H24N4O3S/c25-19-16-13-20(14-23(16)12-9-22-19)6-10-24(11-7-20)28(26,27)17-5-1-3-15-4-2-8-21-18(15)17/h1-5,8,16H,6-7,9-14H2,(H,22,25). The van der Waals surface area contributed by atoms with Gasteiger partial charge in [0, 0.05) is 44.3 Å². The third-order valence-corrected chi connectivity index (χ3v) is 8.53. The van der Waals surface area contributed by atoms with E-state index in [0.29, 0.717) is 25.2 Å². The third kappa shape index (κ3) is 2.82. The predicted molar refractivity (Wildman–Crippen MR) is 105 cm³/mol. The van der Waals surface area contributed by atoms with Crippen molar-refractivity contribution >= 4 is 26.8 Å². The maximum Gasteiger partial charge on any atom is 0.245 e. The lowest BCUT2D eigenvalue weighted by Crippen LogP contribution is -2.52. The van der Waals surface area contributed by atoms with Crippen LogP contribution in [0.3, 0.4) is 0 Å². The Morgan fingerprint density at radius 2 is 1.89 bits per heavy atom. The Kier molecular flexibility index (Phi) is 4.19. The van der Waals surface area contributed by atoms with Gasteiger partial charge in [0.15, 0.2) is 0 Å². The number of aromatic nitrogens is 1. The van der Waals surface area contributed by atoms with Crippen LogP contribution in [0.15, 0.2) is 41.4 Å². The van der Waals surface area contributed by atoms with E-state index in [0.717, 1.165) is 37.7 Å². The summed E-state index contributed by atoms with van der Waals surface area (Å²) in [6, 6.07) is 8.96. The number of fused-ring (bicyclic) bond motifs is 2. The molecule has 0 aliphatic carbocycles. The highest BCUT2D eigenvalue weighted by molar-refractivity contribution is 7.89. The molecule has 4 heterocycles. The number of carbonyl (C=O) groups is 1. The lowest BCUT2D eigenvalue weighted by atomic mass is 9.77. The molecule has 1 spiro atoms. The van der Waals surface area contributed by atoms with Gasteiger partial charge >= 0.3 is 0 Å². The molecule has 3 aliphatic rings. The summed E-state index contributed by atoms with van der Waals surface area (Å²) in [6.07, 6.45) is 4.06. The first-order valence-electron chi connectivity index (χ1n) is 9.84. The average Bonchev–Trinajstić information content (AvgIpc) is 3.07. The molecule has 0 saturated carbocycles. The third-order valence-electron chi connectivity index (χ3n) is 6.60. The van der Waals surface area contributed by atoms with Crippen molar-refractivity contribution < 1.29 is 13.2 Å². The molecule has 2 aromatic rings. The van der Waals surface area contributed by atoms with E-state index >= 15 is 0 Å². The van der Waals surface area contributed by atoms with Gasteiger partial charge in [-0.25, -0.2) is 8.42 Å². The molecule has 0 radical (unpaired) electrons. The Morgan fingerprint density at radius 1 is 1.11 bits per heavy atom. The Morgan fingerprint density at radius 3 is 2.68 bits per heavy atom. The molecule has 1 N–H and O–H groups in total. The minimum atomic E-state index is -3.59. The van der Waals surface area contributed by atoms with Crippen LogP contribution < -0.4 is 5.32 Å². The smallest absolute Gasteiger partial charge is 0.245 e. The number of amides is 1. The van der Waals surface area contributed by atoms with Crippen molar-refractivity contribution in [3.8, 4) is 0 Å². The maximum atomic E-state index is 13.3. The highest BCUT2D eigenvalue weighted by Crippen LogP contribution is 2.44. The van der Waals surface area contributed by atoms with Gasteiger partial charge < -0.3 is 5.32 Å². The first kappa shape index (κ1) is 18.0. The molecule has 5 rings (SSSR count). The summed E-state index contributed by atoms with van der Waals surface area (Å²) in [5.74, 6) is 0.125. The zero-order chi connectivity index (χ0) is 19.4. The van der Waals surface area contributed by atoms with Crippen molar-refractivity contribution in [2.24, 2.45) is 5.41 Å². The Labute approximate surface area is 164 Å². The SMILES string of the molecule is O=C1NCCN2CC3(CCN(S(=O)(=O)c4cccc5cccnc45)CC3)CC12. The molecular formula is C20H24N4O3S. The minimum Gasteiger partial charge on any atom is -0.353 e. The molecule has 1 unspecified atom stereocenters. The fraction of sp³-hybridized carbons (Fsp3) is 0.500. The van der Waals surface area contributed by atoms with Crippen molar-refractivity contribution in [1.82, 2.24) is 19.5 Å².